The molecular formula is C6H13Cl2O4P. The Bertz CT molecular complexity index is 182. The molecule has 0 atom stereocenters. The van der Waals surface area contributed by atoms with Gasteiger partial charge in [-0.1, -0.05) is 23.2 Å². The number of phosphoric ester groups is 1. The molecule has 0 aromatic heterocycles. The van der Waals surface area contributed by atoms with Crippen LogP contribution in [0.4, 0.5) is 0 Å². The van der Waals surface area contributed by atoms with Crippen molar-refractivity contribution < 1.29 is 18.1 Å². The standard InChI is InChI=1S/C6H13Cl2O4P/c1-6(2,3)12-13(9,10-4-7)11-5-8/h4-5H2,1-3H3. The fraction of sp³-hybridized carbons (Fsp3) is 1.00. The van der Waals surface area contributed by atoms with Gasteiger partial charge in [-0.15, -0.1) is 0 Å². The van der Waals surface area contributed by atoms with Crippen molar-refractivity contribution in [2.45, 2.75) is 26.4 Å². The first-order chi connectivity index (χ1) is 5.83. The van der Waals surface area contributed by atoms with Crippen LogP contribution in [0.1, 0.15) is 20.8 Å². The number of phosphoric acid groups is 1. The minimum absolute atomic E-state index is 0.274. The van der Waals surface area contributed by atoms with Crippen molar-refractivity contribution in [2.24, 2.45) is 0 Å². The normalized spacial score (nSPS) is 13.3. The summed E-state index contributed by atoms with van der Waals surface area (Å²) in [5, 5.41) is 0. The zero-order valence-electron chi connectivity index (χ0n) is 7.75. The zero-order chi connectivity index (χ0) is 10.5. The van der Waals surface area contributed by atoms with Crippen molar-refractivity contribution >= 4 is 31.0 Å². The average Bonchev–Trinajstić information content (AvgIpc) is 1.82. The maximum absolute atomic E-state index is 11.6. The summed E-state index contributed by atoms with van der Waals surface area (Å²) in [6.45, 7) is 5.15. The van der Waals surface area contributed by atoms with E-state index in [1.165, 1.54) is 0 Å². The Balaban J connectivity index is 4.33. The molecule has 0 fully saturated rings. The molecule has 0 amide bonds. The topological polar surface area (TPSA) is 44.8 Å². The molecule has 0 rings (SSSR count). The van der Waals surface area contributed by atoms with Crippen LogP contribution in [0.3, 0.4) is 0 Å². The molecule has 0 spiro atoms. The third-order valence-electron chi connectivity index (χ3n) is 0.799. The lowest BCUT2D eigenvalue weighted by Crippen LogP contribution is -2.18. The number of alkyl halides is 2. The molecule has 0 aliphatic carbocycles. The van der Waals surface area contributed by atoms with Crippen molar-refractivity contribution in [2.75, 3.05) is 12.1 Å². The quantitative estimate of drug-likeness (QED) is 0.555. The van der Waals surface area contributed by atoms with Crippen LogP contribution in [0.15, 0.2) is 0 Å². The van der Waals surface area contributed by atoms with Crippen LogP contribution in [-0.4, -0.2) is 17.7 Å². The molecule has 0 saturated carbocycles. The summed E-state index contributed by atoms with van der Waals surface area (Å²) in [5.74, 6) is 0. The number of hydrogen-bond acceptors (Lipinski definition) is 4. The molecule has 4 nitrogen and oxygen atoms in total. The van der Waals surface area contributed by atoms with E-state index in [-0.39, 0.29) is 12.1 Å². The molecular weight excluding hydrogens is 238 g/mol. The zero-order valence-corrected chi connectivity index (χ0v) is 10.2. The highest BCUT2D eigenvalue weighted by molar-refractivity contribution is 7.48. The first-order valence-electron chi connectivity index (χ1n) is 3.55. The minimum Gasteiger partial charge on any atom is -0.281 e. The van der Waals surface area contributed by atoms with E-state index in [4.69, 9.17) is 27.7 Å². The van der Waals surface area contributed by atoms with Gasteiger partial charge in [-0.05, 0) is 20.8 Å². The first-order valence-corrected chi connectivity index (χ1v) is 6.08. The third kappa shape index (κ3) is 6.72. The number of rotatable bonds is 5. The minimum atomic E-state index is -3.60. The van der Waals surface area contributed by atoms with Gasteiger partial charge >= 0.3 is 7.82 Å². The van der Waals surface area contributed by atoms with E-state index in [1.54, 1.807) is 20.8 Å². The molecule has 0 N–H and O–H groups in total. The number of halogens is 2. The monoisotopic (exact) mass is 250 g/mol. The smallest absolute Gasteiger partial charge is 0.281 e. The summed E-state index contributed by atoms with van der Waals surface area (Å²) in [6, 6.07) is -0.547. The van der Waals surface area contributed by atoms with Crippen LogP contribution in [-0.2, 0) is 18.1 Å². The Morgan fingerprint density at radius 1 is 1.15 bits per heavy atom. The Morgan fingerprint density at radius 3 is 1.77 bits per heavy atom. The van der Waals surface area contributed by atoms with Gasteiger partial charge in [-0.3, -0.25) is 13.6 Å². The van der Waals surface area contributed by atoms with E-state index in [0.29, 0.717) is 0 Å². The second-order valence-corrected chi connectivity index (χ2v) is 5.16. The molecule has 0 unspecified atom stereocenters. The molecule has 0 aromatic carbocycles. The Morgan fingerprint density at radius 2 is 1.54 bits per heavy atom. The maximum atomic E-state index is 11.6. The van der Waals surface area contributed by atoms with Gasteiger partial charge in [-0.25, -0.2) is 4.57 Å². The fourth-order valence-electron chi connectivity index (χ4n) is 0.545. The van der Waals surface area contributed by atoms with Gasteiger partial charge in [0.25, 0.3) is 0 Å². The summed E-state index contributed by atoms with van der Waals surface area (Å²) in [5.41, 5.74) is -0.645. The Kier molecular flexibility index (Phi) is 5.84. The van der Waals surface area contributed by atoms with Crippen molar-refractivity contribution in [1.29, 1.82) is 0 Å². The van der Waals surface area contributed by atoms with E-state index in [2.05, 4.69) is 9.05 Å². The lowest BCUT2D eigenvalue weighted by atomic mass is 10.2. The van der Waals surface area contributed by atoms with E-state index in [1.807, 2.05) is 0 Å². The predicted molar refractivity (Wildman–Crippen MR) is 52.1 cm³/mol. The van der Waals surface area contributed by atoms with Crippen LogP contribution in [0.5, 0.6) is 0 Å². The summed E-state index contributed by atoms with van der Waals surface area (Å²) in [4.78, 5) is 0. The van der Waals surface area contributed by atoms with Crippen molar-refractivity contribution in [3.63, 3.8) is 0 Å². The van der Waals surface area contributed by atoms with Crippen LogP contribution >= 0.6 is 31.0 Å². The van der Waals surface area contributed by atoms with E-state index < -0.39 is 13.4 Å². The van der Waals surface area contributed by atoms with Crippen LogP contribution in [0, 0.1) is 0 Å². The summed E-state index contributed by atoms with van der Waals surface area (Å²) in [7, 11) is -3.60. The van der Waals surface area contributed by atoms with E-state index in [0.717, 1.165) is 0 Å². The van der Waals surface area contributed by atoms with Crippen LogP contribution in [0.2, 0.25) is 0 Å². The lowest BCUT2D eigenvalue weighted by Gasteiger charge is -2.24. The van der Waals surface area contributed by atoms with Gasteiger partial charge in [-0.2, -0.15) is 0 Å². The predicted octanol–water partition coefficient (Wildman–Crippen LogP) is 3.34. The third-order valence-corrected chi connectivity index (χ3v) is 2.98. The Labute approximate surface area is 88.1 Å². The van der Waals surface area contributed by atoms with Crippen molar-refractivity contribution in [1.82, 2.24) is 0 Å². The van der Waals surface area contributed by atoms with E-state index in [9.17, 15) is 4.57 Å². The lowest BCUT2D eigenvalue weighted by molar-refractivity contribution is 0.0564. The van der Waals surface area contributed by atoms with Crippen LogP contribution in [0.25, 0.3) is 0 Å². The summed E-state index contributed by atoms with van der Waals surface area (Å²) < 4.78 is 25.9. The molecule has 80 valence electrons. The van der Waals surface area contributed by atoms with E-state index >= 15 is 0 Å². The molecule has 0 aliphatic heterocycles. The summed E-state index contributed by atoms with van der Waals surface area (Å²) >= 11 is 10.5. The SMILES string of the molecule is CC(C)(C)OP(=O)(OCCl)OCCl. The fourth-order valence-corrected chi connectivity index (χ4v) is 2.35. The summed E-state index contributed by atoms with van der Waals surface area (Å²) in [6.07, 6.45) is 0. The highest BCUT2D eigenvalue weighted by Crippen LogP contribution is 2.52. The Hall–Kier alpha value is 0.690. The molecule has 0 saturated heterocycles. The van der Waals surface area contributed by atoms with Crippen LogP contribution < -0.4 is 0 Å². The van der Waals surface area contributed by atoms with Gasteiger partial charge < -0.3 is 0 Å². The van der Waals surface area contributed by atoms with Gasteiger partial charge in [0, 0.05) is 0 Å². The second kappa shape index (κ2) is 5.54. The molecule has 0 heterocycles. The maximum Gasteiger partial charge on any atom is 0.477 e. The van der Waals surface area contributed by atoms with Gasteiger partial charge in [0.15, 0.2) is 0 Å². The molecule has 0 radical (unpaired) electrons. The number of hydrogen-bond donors (Lipinski definition) is 0. The first kappa shape index (κ1) is 13.7. The molecule has 13 heavy (non-hydrogen) atoms. The molecule has 7 heteroatoms. The van der Waals surface area contributed by atoms with Gasteiger partial charge in [0.1, 0.15) is 12.1 Å². The molecule has 0 bridgehead atoms. The van der Waals surface area contributed by atoms with Crippen molar-refractivity contribution in [3.05, 3.63) is 0 Å². The van der Waals surface area contributed by atoms with Gasteiger partial charge in [0.05, 0.1) is 5.60 Å². The van der Waals surface area contributed by atoms with Crippen molar-refractivity contribution in [3.8, 4) is 0 Å². The average molecular weight is 251 g/mol. The van der Waals surface area contributed by atoms with Gasteiger partial charge in [0.2, 0.25) is 0 Å². The largest absolute Gasteiger partial charge is 0.477 e. The molecule has 0 aromatic rings. The molecule has 0 aliphatic rings. The highest BCUT2D eigenvalue weighted by atomic mass is 35.5. The second-order valence-electron chi connectivity index (χ2n) is 3.13. The highest BCUT2D eigenvalue weighted by Gasteiger charge is 2.32.